The lowest BCUT2D eigenvalue weighted by Gasteiger charge is -1.85. The third kappa shape index (κ3) is 1.46. The van der Waals surface area contributed by atoms with Crippen molar-refractivity contribution in [2.24, 2.45) is 7.05 Å². The lowest BCUT2D eigenvalue weighted by atomic mass is 10.2. The molecule has 0 saturated carbocycles. The van der Waals surface area contributed by atoms with Crippen LogP contribution in [0.3, 0.4) is 0 Å². The second-order valence-corrected chi connectivity index (χ2v) is 2.18. The first kappa shape index (κ1) is 6.14. The van der Waals surface area contributed by atoms with Gasteiger partial charge in [-0.3, -0.25) is 0 Å². The van der Waals surface area contributed by atoms with Crippen LogP contribution in [0.25, 0.3) is 0 Å². The number of allylic oxidation sites excluding steroid dienone is 1. The van der Waals surface area contributed by atoms with Gasteiger partial charge in [0.25, 0.3) is 0 Å². The highest BCUT2D eigenvalue weighted by molar-refractivity contribution is 5.12. The van der Waals surface area contributed by atoms with Crippen LogP contribution in [0, 0.1) is 0 Å². The molecule has 1 heteroatoms. The molecule has 0 saturated heterocycles. The molecule has 0 N–H and O–H groups in total. The number of hydrogen-bond donors (Lipinski definition) is 0. The molecule has 0 fully saturated rings. The first-order valence-electron chi connectivity index (χ1n) is 3.04. The van der Waals surface area contributed by atoms with Gasteiger partial charge in [0.15, 0.2) is 0 Å². The largest absolute Gasteiger partial charge is 0.357 e. The standard InChI is InChI=1S/C8H11N/c1-3-4-8-5-6-9(2)7-8/h3,5-7H,1,4H2,2H3. The Morgan fingerprint density at radius 3 is 3.00 bits per heavy atom. The third-order valence-electron chi connectivity index (χ3n) is 1.27. The minimum absolute atomic E-state index is 0.973. The van der Waals surface area contributed by atoms with Crippen LogP contribution < -0.4 is 0 Å². The van der Waals surface area contributed by atoms with E-state index in [0.29, 0.717) is 0 Å². The van der Waals surface area contributed by atoms with Gasteiger partial charge >= 0.3 is 0 Å². The maximum atomic E-state index is 3.66. The normalized spacial score (nSPS) is 9.44. The Balaban J connectivity index is 2.72. The molecule has 0 bridgehead atoms. The summed E-state index contributed by atoms with van der Waals surface area (Å²) in [5.74, 6) is 0. The van der Waals surface area contributed by atoms with Gasteiger partial charge in [-0.1, -0.05) is 6.08 Å². The van der Waals surface area contributed by atoms with E-state index in [1.807, 2.05) is 23.9 Å². The number of aromatic nitrogens is 1. The maximum absolute atomic E-state index is 3.66. The van der Waals surface area contributed by atoms with Crippen LogP contribution in [-0.4, -0.2) is 4.57 Å². The minimum atomic E-state index is 0.973. The topological polar surface area (TPSA) is 4.93 Å². The fraction of sp³-hybridized carbons (Fsp3) is 0.250. The summed E-state index contributed by atoms with van der Waals surface area (Å²) in [7, 11) is 2.02. The van der Waals surface area contributed by atoms with Crippen LogP contribution in [-0.2, 0) is 13.5 Å². The van der Waals surface area contributed by atoms with Crippen LogP contribution >= 0.6 is 0 Å². The minimum Gasteiger partial charge on any atom is -0.357 e. The van der Waals surface area contributed by atoms with E-state index in [2.05, 4.69) is 18.8 Å². The molecule has 1 heterocycles. The molecule has 0 aliphatic rings. The van der Waals surface area contributed by atoms with Crippen LogP contribution in [0.2, 0.25) is 0 Å². The Hall–Kier alpha value is -0.980. The second kappa shape index (κ2) is 2.53. The predicted molar refractivity (Wildman–Crippen MR) is 39.3 cm³/mol. The van der Waals surface area contributed by atoms with Crippen LogP contribution in [0.1, 0.15) is 5.56 Å². The first-order valence-corrected chi connectivity index (χ1v) is 3.04. The van der Waals surface area contributed by atoms with E-state index < -0.39 is 0 Å². The number of aryl methyl sites for hydroxylation is 1. The van der Waals surface area contributed by atoms with E-state index in [9.17, 15) is 0 Å². The number of rotatable bonds is 2. The van der Waals surface area contributed by atoms with Crippen molar-refractivity contribution in [1.82, 2.24) is 4.57 Å². The summed E-state index contributed by atoms with van der Waals surface area (Å²) in [5.41, 5.74) is 1.33. The monoisotopic (exact) mass is 121 g/mol. The van der Waals surface area contributed by atoms with E-state index in [1.165, 1.54) is 5.56 Å². The van der Waals surface area contributed by atoms with Gasteiger partial charge in [-0.25, -0.2) is 0 Å². The Labute approximate surface area is 55.6 Å². The molecular weight excluding hydrogens is 110 g/mol. The van der Waals surface area contributed by atoms with Gasteiger partial charge in [-0.2, -0.15) is 0 Å². The zero-order valence-electron chi connectivity index (χ0n) is 5.67. The van der Waals surface area contributed by atoms with Crippen LogP contribution in [0.4, 0.5) is 0 Å². The van der Waals surface area contributed by atoms with Gasteiger partial charge < -0.3 is 4.57 Å². The quantitative estimate of drug-likeness (QED) is 0.525. The molecule has 0 unspecified atom stereocenters. The molecule has 0 amide bonds. The van der Waals surface area contributed by atoms with Crippen LogP contribution in [0.15, 0.2) is 31.1 Å². The zero-order chi connectivity index (χ0) is 6.69. The van der Waals surface area contributed by atoms with E-state index >= 15 is 0 Å². The molecule has 0 radical (unpaired) electrons. The van der Waals surface area contributed by atoms with Crippen molar-refractivity contribution in [3.05, 3.63) is 36.7 Å². The average molecular weight is 121 g/mol. The van der Waals surface area contributed by atoms with E-state index in [-0.39, 0.29) is 0 Å². The molecule has 0 aliphatic heterocycles. The molecule has 0 aliphatic carbocycles. The molecular formula is C8H11N. The van der Waals surface area contributed by atoms with Crippen molar-refractivity contribution in [2.45, 2.75) is 6.42 Å². The molecule has 0 aromatic carbocycles. The van der Waals surface area contributed by atoms with Crippen molar-refractivity contribution < 1.29 is 0 Å². The predicted octanol–water partition coefficient (Wildman–Crippen LogP) is 1.75. The fourth-order valence-corrected chi connectivity index (χ4v) is 0.848. The third-order valence-corrected chi connectivity index (χ3v) is 1.27. The average Bonchev–Trinajstić information content (AvgIpc) is 2.17. The first-order chi connectivity index (χ1) is 4.33. The smallest absolute Gasteiger partial charge is 0.0106 e. The lowest BCUT2D eigenvalue weighted by Crippen LogP contribution is -1.79. The van der Waals surface area contributed by atoms with Gasteiger partial charge in [0.2, 0.25) is 0 Å². The number of hydrogen-bond acceptors (Lipinski definition) is 0. The summed E-state index contributed by atoms with van der Waals surface area (Å²) in [6.07, 6.45) is 7.02. The highest BCUT2D eigenvalue weighted by Gasteiger charge is 1.87. The summed E-state index contributed by atoms with van der Waals surface area (Å²) in [5, 5.41) is 0. The molecule has 1 aromatic heterocycles. The van der Waals surface area contributed by atoms with Gasteiger partial charge in [-0.15, -0.1) is 6.58 Å². The van der Waals surface area contributed by atoms with Crippen molar-refractivity contribution in [2.75, 3.05) is 0 Å². The highest BCUT2D eigenvalue weighted by Crippen LogP contribution is 1.99. The molecule has 9 heavy (non-hydrogen) atoms. The van der Waals surface area contributed by atoms with Crippen molar-refractivity contribution in [1.29, 1.82) is 0 Å². The van der Waals surface area contributed by atoms with E-state index in [0.717, 1.165) is 6.42 Å². The van der Waals surface area contributed by atoms with Crippen molar-refractivity contribution >= 4 is 0 Å². The zero-order valence-corrected chi connectivity index (χ0v) is 5.67. The maximum Gasteiger partial charge on any atom is 0.0106 e. The molecule has 1 nitrogen and oxygen atoms in total. The van der Waals surface area contributed by atoms with E-state index in [4.69, 9.17) is 0 Å². The summed E-state index contributed by atoms with van der Waals surface area (Å²) in [6.45, 7) is 3.66. The Morgan fingerprint density at radius 1 is 1.78 bits per heavy atom. The van der Waals surface area contributed by atoms with Gasteiger partial charge in [0, 0.05) is 19.4 Å². The van der Waals surface area contributed by atoms with Gasteiger partial charge in [0.05, 0.1) is 0 Å². The lowest BCUT2D eigenvalue weighted by molar-refractivity contribution is 0.922. The molecule has 0 spiro atoms. The SMILES string of the molecule is C=CCc1ccn(C)c1. The van der Waals surface area contributed by atoms with Crippen molar-refractivity contribution in [3.8, 4) is 0 Å². The Bertz CT molecular complexity index is 198. The highest BCUT2D eigenvalue weighted by atomic mass is 14.9. The number of nitrogens with zero attached hydrogens (tertiary/aromatic N) is 1. The summed E-state index contributed by atoms with van der Waals surface area (Å²) in [6, 6.07) is 2.10. The second-order valence-electron chi connectivity index (χ2n) is 2.18. The molecule has 1 rings (SSSR count). The van der Waals surface area contributed by atoms with E-state index in [1.54, 1.807) is 0 Å². The van der Waals surface area contributed by atoms with Gasteiger partial charge in [0.1, 0.15) is 0 Å². The molecule has 48 valence electrons. The van der Waals surface area contributed by atoms with Crippen LogP contribution in [0.5, 0.6) is 0 Å². The summed E-state index contributed by atoms with van der Waals surface area (Å²) in [4.78, 5) is 0. The molecule has 1 aromatic rings. The fourth-order valence-electron chi connectivity index (χ4n) is 0.848. The summed E-state index contributed by atoms with van der Waals surface area (Å²) >= 11 is 0. The molecule has 0 atom stereocenters. The Kier molecular flexibility index (Phi) is 1.73. The summed E-state index contributed by atoms with van der Waals surface area (Å²) < 4.78 is 2.04. The van der Waals surface area contributed by atoms with Gasteiger partial charge in [-0.05, 0) is 18.1 Å². The van der Waals surface area contributed by atoms with Crippen molar-refractivity contribution in [3.63, 3.8) is 0 Å². The Morgan fingerprint density at radius 2 is 2.56 bits per heavy atom.